The zero-order valence-corrected chi connectivity index (χ0v) is 10.1. The molecule has 0 aliphatic carbocycles. The van der Waals surface area contributed by atoms with Crippen LogP contribution in [0.4, 0.5) is 5.69 Å². The van der Waals surface area contributed by atoms with Crippen molar-refractivity contribution in [1.82, 2.24) is 0 Å². The molecule has 0 amide bonds. The second-order valence-electron chi connectivity index (χ2n) is 3.66. The van der Waals surface area contributed by atoms with Crippen LogP contribution in [-0.2, 0) is 0 Å². The van der Waals surface area contributed by atoms with Crippen LogP contribution in [0.2, 0.25) is 5.02 Å². The molecule has 0 aromatic heterocycles. The Kier molecular flexibility index (Phi) is 3.75. The number of benzene rings is 2. The first-order valence-corrected chi connectivity index (χ1v) is 5.66. The van der Waals surface area contributed by atoms with Gasteiger partial charge in [-0.05, 0) is 42.0 Å². The highest BCUT2D eigenvalue weighted by Crippen LogP contribution is 2.16. The molecule has 0 spiro atoms. The summed E-state index contributed by atoms with van der Waals surface area (Å²) in [6, 6.07) is 13.7. The van der Waals surface area contributed by atoms with Gasteiger partial charge in [0.25, 0.3) is 0 Å². The van der Waals surface area contributed by atoms with Crippen molar-refractivity contribution in [2.75, 3.05) is 0 Å². The van der Waals surface area contributed by atoms with Crippen LogP contribution in [0.3, 0.4) is 0 Å². The molecule has 2 aromatic carbocycles. The van der Waals surface area contributed by atoms with Gasteiger partial charge in [-0.3, -0.25) is 4.99 Å². The molecule has 3 nitrogen and oxygen atoms in total. The average molecular weight is 260 g/mol. The third kappa shape index (κ3) is 3.18. The quantitative estimate of drug-likeness (QED) is 0.853. The summed E-state index contributed by atoms with van der Waals surface area (Å²) in [5.41, 5.74) is 1.90. The van der Waals surface area contributed by atoms with Crippen LogP contribution >= 0.6 is 11.6 Å². The van der Waals surface area contributed by atoms with Crippen molar-refractivity contribution in [1.29, 1.82) is 0 Å². The Morgan fingerprint density at radius 3 is 2.22 bits per heavy atom. The molecule has 0 heterocycles. The van der Waals surface area contributed by atoms with Gasteiger partial charge in [-0.2, -0.15) is 0 Å². The van der Waals surface area contributed by atoms with E-state index in [0.717, 1.165) is 11.3 Å². The third-order valence-corrected chi connectivity index (χ3v) is 2.60. The van der Waals surface area contributed by atoms with Gasteiger partial charge in [0.2, 0.25) is 0 Å². The molecule has 4 heteroatoms. The molecular weight excluding hydrogens is 250 g/mol. The number of nitrogens with zero attached hydrogens (tertiary/aromatic N) is 1. The van der Waals surface area contributed by atoms with E-state index in [1.807, 2.05) is 12.1 Å². The lowest BCUT2D eigenvalue weighted by Crippen LogP contribution is -1.95. The number of aromatic carboxylic acids is 1. The highest BCUT2D eigenvalue weighted by molar-refractivity contribution is 6.30. The average Bonchev–Trinajstić information content (AvgIpc) is 2.38. The van der Waals surface area contributed by atoms with Crippen LogP contribution in [0, 0.1) is 0 Å². The monoisotopic (exact) mass is 259 g/mol. The van der Waals surface area contributed by atoms with Crippen molar-refractivity contribution < 1.29 is 9.90 Å². The first-order chi connectivity index (χ1) is 8.65. The summed E-state index contributed by atoms with van der Waals surface area (Å²) in [4.78, 5) is 14.9. The fourth-order valence-corrected chi connectivity index (χ4v) is 1.51. The van der Waals surface area contributed by atoms with Crippen LogP contribution in [0.25, 0.3) is 0 Å². The van der Waals surface area contributed by atoms with Gasteiger partial charge < -0.3 is 5.11 Å². The Morgan fingerprint density at radius 1 is 1.06 bits per heavy atom. The predicted octanol–water partition coefficient (Wildman–Crippen LogP) is 3.79. The molecule has 90 valence electrons. The molecule has 0 radical (unpaired) electrons. The lowest BCUT2D eigenvalue weighted by molar-refractivity contribution is 0.0697. The van der Waals surface area contributed by atoms with E-state index in [2.05, 4.69) is 4.99 Å². The first kappa shape index (κ1) is 12.3. The Balaban J connectivity index is 2.13. The first-order valence-electron chi connectivity index (χ1n) is 5.28. The van der Waals surface area contributed by atoms with E-state index in [1.165, 1.54) is 0 Å². The van der Waals surface area contributed by atoms with E-state index in [0.29, 0.717) is 5.02 Å². The van der Waals surface area contributed by atoms with Gasteiger partial charge in [0, 0.05) is 11.2 Å². The predicted molar refractivity (Wildman–Crippen MR) is 72.1 cm³/mol. The Labute approximate surface area is 109 Å². The standard InChI is InChI=1S/C14H10ClNO2/c15-12-5-7-13(8-6-12)16-9-10-1-3-11(4-2-10)14(17)18/h1-9H,(H,17,18). The SMILES string of the molecule is O=C(O)c1ccc(C=Nc2ccc(Cl)cc2)cc1. The summed E-state index contributed by atoms with van der Waals surface area (Å²) >= 11 is 5.77. The smallest absolute Gasteiger partial charge is 0.335 e. The molecule has 0 aliphatic rings. The molecule has 1 N–H and O–H groups in total. The molecule has 2 rings (SSSR count). The number of carbonyl (C=O) groups is 1. The molecule has 2 aromatic rings. The van der Waals surface area contributed by atoms with Crippen LogP contribution in [0.5, 0.6) is 0 Å². The van der Waals surface area contributed by atoms with Crippen molar-refractivity contribution >= 4 is 29.5 Å². The Bertz CT molecular complexity index is 574. The van der Waals surface area contributed by atoms with E-state index >= 15 is 0 Å². The zero-order chi connectivity index (χ0) is 13.0. The van der Waals surface area contributed by atoms with Crippen molar-refractivity contribution in [3.05, 3.63) is 64.7 Å². The molecule has 0 atom stereocenters. The van der Waals surface area contributed by atoms with Gasteiger partial charge in [-0.15, -0.1) is 0 Å². The number of hydrogen-bond acceptors (Lipinski definition) is 2. The maximum absolute atomic E-state index is 10.7. The largest absolute Gasteiger partial charge is 0.478 e. The third-order valence-electron chi connectivity index (χ3n) is 2.35. The molecule has 0 fully saturated rings. The number of rotatable bonds is 3. The summed E-state index contributed by atoms with van der Waals surface area (Å²) in [6.07, 6.45) is 1.68. The molecule has 0 unspecified atom stereocenters. The highest BCUT2D eigenvalue weighted by atomic mass is 35.5. The maximum Gasteiger partial charge on any atom is 0.335 e. The van der Waals surface area contributed by atoms with Crippen LogP contribution in [0.15, 0.2) is 53.5 Å². The minimum absolute atomic E-state index is 0.263. The van der Waals surface area contributed by atoms with E-state index in [-0.39, 0.29) is 5.56 Å². The second-order valence-corrected chi connectivity index (χ2v) is 4.10. The van der Waals surface area contributed by atoms with Crippen molar-refractivity contribution in [2.45, 2.75) is 0 Å². The van der Waals surface area contributed by atoms with E-state index < -0.39 is 5.97 Å². The van der Waals surface area contributed by atoms with Gasteiger partial charge in [0.15, 0.2) is 0 Å². The van der Waals surface area contributed by atoms with Gasteiger partial charge in [0.05, 0.1) is 11.3 Å². The van der Waals surface area contributed by atoms with Crippen molar-refractivity contribution in [2.24, 2.45) is 4.99 Å². The van der Waals surface area contributed by atoms with Crippen LogP contribution in [0.1, 0.15) is 15.9 Å². The maximum atomic E-state index is 10.7. The topological polar surface area (TPSA) is 49.7 Å². The minimum Gasteiger partial charge on any atom is -0.478 e. The fraction of sp³-hybridized carbons (Fsp3) is 0. The second kappa shape index (κ2) is 5.47. The lowest BCUT2D eigenvalue weighted by atomic mass is 10.1. The van der Waals surface area contributed by atoms with Gasteiger partial charge in [-0.1, -0.05) is 23.7 Å². The van der Waals surface area contributed by atoms with Crippen LogP contribution in [-0.4, -0.2) is 17.3 Å². The van der Waals surface area contributed by atoms with E-state index in [9.17, 15) is 4.79 Å². The van der Waals surface area contributed by atoms with Crippen molar-refractivity contribution in [3.8, 4) is 0 Å². The molecule has 0 saturated carbocycles. The summed E-state index contributed by atoms with van der Waals surface area (Å²) in [5, 5.41) is 9.43. The number of carboxylic acids is 1. The van der Waals surface area contributed by atoms with Gasteiger partial charge in [0.1, 0.15) is 0 Å². The molecule has 0 bridgehead atoms. The molecule has 18 heavy (non-hydrogen) atoms. The molecule has 0 saturated heterocycles. The van der Waals surface area contributed by atoms with E-state index in [1.54, 1.807) is 42.6 Å². The molecular formula is C14H10ClNO2. The van der Waals surface area contributed by atoms with E-state index in [4.69, 9.17) is 16.7 Å². The summed E-state index contributed by atoms with van der Waals surface area (Å²) < 4.78 is 0. The number of carboxylic acid groups (broad SMARTS) is 1. The molecule has 0 aliphatic heterocycles. The highest BCUT2D eigenvalue weighted by Gasteiger charge is 2.00. The summed E-state index contributed by atoms with van der Waals surface area (Å²) in [7, 11) is 0. The number of hydrogen-bond donors (Lipinski definition) is 1. The number of aliphatic imine (C=N–C) groups is 1. The lowest BCUT2D eigenvalue weighted by Gasteiger charge is -1.96. The summed E-state index contributed by atoms with van der Waals surface area (Å²) in [5.74, 6) is -0.934. The zero-order valence-electron chi connectivity index (χ0n) is 9.38. The fourth-order valence-electron chi connectivity index (χ4n) is 1.39. The minimum atomic E-state index is -0.934. The Morgan fingerprint density at radius 2 is 1.67 bits per heavy atom. The van der Waals surface area contributed by atoms with Crippen LogP contribution < -0.4 is 0 Å². The number of halogens is 1. The van der Waals surface area contributed by atoms with Gasteiger partial charge in [-0.25, -0.2) is 4.79 Å². The van der Waals surface area contributed by atoms with Gasteiger partial charge >= 0.3 is 5.97 Å². The Hall–Kier alpha value is -2.13. The van der Waals surface area contributed by atoms with Crippen molar-refractivity contribution in [3.63, 3.8) is 0 Å². The summed E-state index contributed by atoms with van der Waals surface area (Å²) in [6.45, 7) is 0. The normalized spacial score (nSPS) is 10.7.